The van der Waals surface area contributed by atoms with Crippen LogP contribution < -0.4 is 4.74 Å². The number of carbonyl (C=O) groups is 1. The second-order valence-electron chi connectivity index (χ2n) is 5.70. The maximum atomic E-state index is 12.4. The first-order valence-electron chi connectivity index (χ1n) is 7.54. The SMILES string of the molecule is O=C(C1CCCC1)N1CCCC(Oc2ccncn2)C1. The van der Waals surface area contributed by atoms with Gasteiger partial charge in [0.05, 0.1) is 6.54 Å². The van der Waals surface area contributed by atoms with Crippen LogP contribution in [0.2, 0.25) is 0 Å². The number of ether oxygens (including phenoxy) is 1. The van der Waals surface area contributed by atoms with Crippen molar-refractivity contribution in [1.82, 2.24) is 14.9 Å². The van der Waals surface area contributed by atoms with Crippen molar-refractivity contribution in [1.29, 1.82) is 0 Å². The molecule has 0 bridgehead atoms. The van der Waals surface area contributed by atoms with Gasteiger partial charge in [0.2, 0.25) is 11.8 Å². The van der Waals surface area contributed by atoms with Crippen LogP contribution in [0.4, 0.5) is 0 Å². The molecule has 1 saturated carbocycles. The van der Waals surface area contributed by atoms with Crippen LogP contribution in [0.5, 0.6) is 5.88 Å². The summed E-state index contributed by atoms with van der Waals surface area (Å²) < 4.78 is 5.85. The van der Waals surface area contributed by atoms with Gasteiger partial charge in [-0.2, -0.15) is 0 Å². The van der Waals surface area contributed by atoms with Gasteiger partial charge in [0.1, 0.15) is 12.4 Å². The quantitative estimate of drug-likeness (QED) is 0.847. The summed E-state index contributed by atoms with van der Waals surface area (Å²) >= 11 is 0. The zero-order chi connectivity index (χ0) is 13.8. The average Bonchev–Trinajstić information content (AvgIpc) is 3.02. The molecule has 0 radical (unpaired) electrons. The fourth-order valence-corrected chi connectivity index (χ4v) is 3.18. The molecular weight excluding hydrogens is 254 g/mol. The molecule has 1 aromatic heterocycles. The van der Waals surface area contributed by atoms with E-state index in [-0.39, 0.29) is 12.0 Å². The molecule has 2 fully saturated rings. The van der Waals surface area contributed by atoms with Crippen LogP contribution in [0.15, 0.2) is 18.6 Å². The predicted octanol–water partition coefficient (Wildman–Crippen LogP) is 2.04. The molecule has 108 valence electrons. The van der Waals surface area contributed by atoms with Crippen LogP contribution in [0.3, 0.4) is 0 Å². The summed E-state index contributed by atoms with van der Waals surface area (Å²) in [5.41, 5.74) is 0. The minimum absolute atomic E-state index is 0.0593. The molecule has 1 aliphatic heterocycles. The summed E-state index contributed by atoms with van der Waals surface area (Å²) in [6.45, 7) is 1.57. The Balaban J connectivity index is 1.57. The van der Waals surface area contributed by atoms with E-state index in [4.69, 9.17) is 4.74 Å². The first-order valence-corrected chi connectivity index (χ1v) is 7.54. The lowest BCUT2D eigenvalue weighted by atomic mass is 10.0. The Morgan fingerprint density at radius 2 is 2.10 bits per heavy atom. The second kappa shape index (κ2) is 6.20. The maximum Gasteiger partial charge on any atom is 0.225 e. The lowest BCUT2D eigenvalue weighted by Crippen LogP contribution is -2.46. The molecule has 0 N–H and O–H groups in total. The third kappa shape index (κ3) is 3.08. The monoisotopic (exact) mass is 275 g/mol. The third-order valence-corrected chi connectivity index (χ3v) is 4.24. The van der Waals surface area contributed by atoms with E-state index in [0.717, 1.165) is 32.2 Å². The largest absolute Gasteiger partial charge is 0.472 e. The van der Waals surface area contributed by atoms with Gasteiger partial charge in [-0.3, -0.25) is 4.79 Å². The molecule has 1 aromatic rings. The van der Waals surface area contributed by atoms with E-state index >= 15 is 0 Å². The van der Waals surface area contributed by atoms with Gasteiger partial charge in [-0.1, -0.05) is 12.8 Å². The van der Waals surface area contributed by atoms with Crippen LogP contribution >= 0.6 is 0 Å². The average molecular weight is 275 g/mol. The molecule has 1 aliphatic carbocycles. The van der Waals surface area contributed by atoms with Gasteiger partial charge in [0.15, 0.2) is 0 Å². The summed E-state index contributed by atoms with van der Waals surface area (Å²) in [7, 11) is 0. The highest BCUT2D eigenvalue weighted by Gasteiger charge is 2.31. The molecular formula is C15H21N3O2. The van der Waals surface area contributed by atoms with Crippen LogP contribution in [0, 0.1) is 5.92 Å². The van der Waals surface area contributed by atoms with E-state index in [1.165, 1.54) is 19.2 Å². The first kappa shape index (κ1) is 13.3. The maximum absolute atomic E-state index is 12.4. The molecule has 5 heteroatoms. The summed E-state index contributed by atoms with van der Waals surface area (Å²) in [4.78, 5) is 22.4. The number of rotatable bonds is 3. The Kier molecular flexibility index (Phi) is 4.14. The number of likely N-dealkylation sites (tertiary alicyclic amines) is 1. The smallest absolute Gasteiger partial charge is 0.225 e. The van der Waals surface area contributed by atoms with E-state index in [0.29, 0.717) is 18.3 Å². The normalized spacial score (nSPS) is 23.8. The van der Waals surface area contributed by atoms with Crippen molar-refractivity contribution in [2.24, 2.45) is 5.92 Å². The summed E-state index contributed by atoms with van der Waals surface area (Å²) in [6, 6.07) is 1.76. The van der Waals surface area contributed by atoms with Crippen molar-refractivity contribution in [3.63, 3.8) is 0 Å². The minimum atomic E-state index is 0.0593. The fraction of sp³-hybridized carbons (Fsp3) is 0.667. The lowest BCUT2D eigenvalue weighted by Gasteiger charge is -2.34. The molecule has 0 spiro atoms. The molecule has 20 heavy (non-hydrogen) atoms. The number of aromatic nitrogens is 2. The minimum Gasteiger partial charge on any atom is -0.472 e. The van der Waals surface area contributed by atoms with Crippen molar-refractivity contribution < 1.29 is 9.53 Å². The summed E-state index contributed by atoms with van der Waals surface area (Å²) in [5.74, 6) is 1.19. The Morgan fingerprint density at radius 1 is 1.25 bits per heavy atom. The Hall–Kier alpha value is -1.65. The Bertz CT molecular complexity index is 446. The molecule has 1 unspecified atom stereocenters. The number of nitrogens with zero attached hydrogens (tertiary/aromatic N) is 3. The van der Waals surface area contributed by atoms with Crippen molar-refractivity contribution in [2.75, 3.05) is 13.1 Å². The van der Waals surface area contributed by atoms with Crippen LogP contribution in [-0.2, 0) is 4.79 Å². The number of carbonyl (C=O) groups excluding carboxylic acids is 1. The zero-order valence-corrected chi connectivity index (χ0v) is 11.7. The summed E-state index contributed by atoms with van der Waals surface area (Å²) in [6.07, 6.45) is 9.73. The van der Waals surface area contributed by atoms with E-state index < -0.39 is 0 Å². The van der Waals surface area contributed by atoms with Gasteiger partial charge in [-0.15, -0.1) is 0 Å². The molecule has 2 aliphatic rings. The van der Waals surface area contributed by atoms with Gasteiger partial charge >= 0.3 is 0 Å². The third-order valence-electron chi connectivity index (χ3n) is 4.24. The molecule has 1 atom stereocenters. The highest BCUT2D eigenvalue weighted by atomic mass is 16.5. The van der Waals surface area contributed by atoms with Crippen molar-refractivity contribution in [3.8, 4) is 5.88 Å². The van der Waals surface area contributed by atoms with Gasteiger partial charge in [-0.05, 0) is 25.7 Å². The number of hydrogen-bond acceptors (Lipinski definition) is 4. The van der Waals surface area contributed by atoms with Gasteiger partial charge in [-0.25, -0.2) is 9.97 Å². The molecule has 1 amide bonds. The van der Waals surface area contributed by atoms with E-state index in [9.17, 15) is 4.79 Å². The predicted molar refractivity (Wildman–Crippen MR) is 74.2 cm³/mol. The van der Waals surface area contributed by atoms with Crippen LogP contribution in [0.25, 0.3) is 0 Å². The highest BCUT2D eigenvalue weighted by Crippen LogP contribution is 2.28. The van der Waals surface area contributed by atoms with Crippen LogP contribution in [0.1, 0.15) is 38.5 Å². The second-order valence-corrected chi connectivity index (χ2v) is 5.70. The number of hydrogen-bond donors (Lipinski definition) is 0. The van der Waals surface area contributed by atoms with E-state index in [1.54, 1.807) is 12.3 Å². The van der Waals surface area contributed by atoms with Gasteiger partial charge in [0.25, 0.3) is 0 Å². The molecule has 0 aromatic carbocycles. The number of amides is 1. The first-order chi connectivity index (χ1) is 9.83. The molecule has 5 nitrogen and oxygen atoms in total. The molecule has 3 rings (SSSR count). The van der Waals surface area contributed by atoms with Gasteiger partial charge in [0, 0.05) is 24.7 Å². The topological polar surface area (TPSA) is 55.3 Å². The molecule has 2 heterocycles. The van der Waals surface area contributed by atoms with Crippen molar-refractivity contribution in [3.05, 3.63) is 18.6 Å². The Morgan fingerprint density at radius 3 is 2.85 bits per heavy atom. The van der Waals surface area contributed by atoms with Crippen LogP contribution in [-0.4, -0.2) is 40.0 Å². The standard InChI is InChI=1S/C15H21N3O2/c19-15(12-4-1-2-5-12)18-9-3-6-13(10-18)20-14-7-8-16-11-17-14/h7-8,11-13H,1-6,9-10H2. The lowest BCUT2D eigenvalue weighted by molar-refractivity contribution is -0.138. The van der Waals surface area contributed by atoms with E-state index in [2.05, 4.69) is 9.97 Å². The van der Waals surface area contributed by atoms with Crippen molar-refractivity contribution >= 4 is 5.91 Å². The molecule has 1 saturated heterocycles. The van der Waals surface area contributed by atoms with Crippen molar-refractivity contribution in [2.45, 2.75) is 44.6 Å². The Labute approximate surface area is 119 Å². The number of piperidine rings is 1. The van der Waals surface area contributed by atoms with E-state index in [1.807, 2.05) is 4.90 Å². The zero-order valence-electron chi connectivity index (χ0n) is 11.7. The highest BCUT2D eigenvalue weighted by molar-refractivity contribution is 5.79. The summed E-state index contributed by atoms with van der Waals surface area (Å²) in [5, 5.41) is 0. The van der Waals surface area contributed by atoms with Gasteiger partial charge < -0.3 is 9.64 Å². The fourth-order valence-electron chi connectivity index (χ4n) is 3.18.